The van der Waals surface area contributed by atoms with E-state index in [1.54, 1.807) is 34.9 Å². The lowest BCUT2D eigenvalue weighted by molar-refractivity contribution is -0.121. The summed E-state index contributed by atoms with van der Waals surface area (Å²) in [6, 6.07) is 5.01. The maximum atomic E-state index is 12.8. The zero-order valence-electron chi connectivity index (χ0n) is 14.7. The van der Waals surface area contributed by atoms with Gasteiger partial charge in [-0.15, -0.1) is 6.58 Å². The van der Waals surface area contributed by atoms with E-state index in [0.29, 0.717) is 38.1 Å². The average Bonchev–Trinajstić information content (AvgIpc) is 3.07. The van der Waals surface area contributed by atoms with Gasteiger partial charge in [0, 0.05) is 32.6 Å². The Morgan fingerprint density at radius 3 is 2.77 bits per heavy atom. The molecule has 7 nitrogen and oxygen atoms in total. The Hall–Kier alpha value is -2.19. The van der Waals surface area contributed by atoms with E-state index in [4.69, 9.17) is 0 Å². The highest BCUT2D eigenvalue weighted by atomic mass is 32.2. The van der Waals surface area contributed by atoms with Crippen LogP contribution in [0.2, 0.25) is 0 Å². The van der Waals surface area contributed by atoms with E-state index in [1.807, 2.05) is 4.57 Å². The molecule has 0 aliphatic carbocycles. The summed E-state index contributed by atoms with van der Waals surface area (Å²) in [6.07, 6.45) is 6.49. The Kier molecular flexibility index (Phi) is 5.73. The van der Waals surface area contributed by atoms with Crippen molar-refractivity contribution in [1.82, 2.24) is 19.2 Å². The topological polar surface area (TPSA) is 84.3 Å². The van der Waals surface area contributed by atoms with Crippen molar-refractivity contribution in [3.63, 3.8) is 0 Å². The van der Waals surface area contributed by atoms with Gasteiger partial charge < -0.3 is 9.88 Å². The molecule has 0 atom stereocenters. The summed E-state index contributed by atoms with van der Waals surface area (Å²) in [5.41, 5.74) is 1.44. The normalized spacial score (nSPS) is 15.8. The Balaban J connectivity index is 1.76. The molecule has 0 unspecified atom stereocenters. The zero-order valence-corrected chi connectivity index (χ0v) is 15.5. The molecule has 1 saturated heterocycles. The van der Waals surface area contributed by atoms with Gasteiger partial charge in [0.1, 0.15) is 0 Å². The first-order valence-corrected chi connectivity index (χ1v) is 10.3. The van der Waals surface area contributed by atoms with Gasteiger partial charge in [-0.05, 0) is 31.0 Å². The molecule has 1 aliphatic heterocycles. The molecule has 1 amide bonds. The monoisotopic (exact) mass is 376 g/mol. The van der Waals surface area contributed by atoms with E-state index in [-0.39, 0.29) is 10.8 Å². The van der Waals surface area contributed by atoms with Gasteiger partial charge in [0.25, 0.3) is 0 Å². The molecule has 1 aromatic carbocycles. The third-order valence-electron chi connectivity index (χ3n) is 4.57. The van der Waals surface area contributed by atoms with Crippen LogP contribution < -0.4 is 5.32 Å². The molecule has 3 rings (SSSR count). The minimum absolute atomic E-state index is 0.0592. The van der Waals surface area contributed by atoms with Crippen LogP contribution in [0.4, 0.5) is 0 Å². The highest BCUT2D eigenvalue weighted by molar-refractivity contribution is 7.89. The van der Waals surface area contributed by atoms with Crippen molar-refractivity contribution in [2.75, 3.05) is 19.6 Å². The standard InChI is InChI=1S/C18H24N4O3S/c1-2-9-19-18(23)8-12-21-14-20-16-13-15(6-7-17(16)21)26(24,25)22-10-4-3-5-11-22/h2,6-7,13-14H,1,3-5,8-12H2,(H,19,23). The summed E-state index contributed by atoms with van der Waals surface area (Å²) in [7, 11) is -3.47. The number of nitrogens with one attached hydrogen (secondary N) is 1. The number of benzene rings is 1. The molecule has 0 spiro atoms. The maximum Gasteiger partial charge on any atom is 0.243 e. The molecule has 26 heavy (non-hydrogen) atoms. The molecular weight excluding hydrogens is 352 g/mol. The summed E-state index contributed by atoms with van der Waals surface area (Å²) in [5.74, 6) is -0.0592. The van der Waals surface area contributed by atoms with Crippen LogP contribution in [0.1, 0.15) is 25.7 Å². The third-order valence-corrected chi connectivity index (χ3v) is 6.46. The van der Waals surface area contributed by atoms with Crippen molar-refractivity contribution in [2.45, 2.75) is 37.1 Å². The Bertz CT molecular complexity index is 898. The zero-order chi connectivity index (χ0) is 18.6. The summed E-state index contributed by atoms with van der Waals surface area (Å²) in [6.45, 7) is 5.65. The number of amides is 1. The fourth-order valence-corrected chi connectivity index (χ4v) is 4.67. The predicted octanol–water partition coefficient (Wildman–Crippen LogP) is 1.90. The van der Waals surface area contributed by atoms with Crippen molar-refractivity contribution in [1.29, 1.82) is 0 Å². The van der Waals surface area contributed by atoms with Crippen LogP contribution in [0, 0.1) is 0 Å². The molecule has 0 bridgehead atoms. The third kappa shape index (κ3) is 3.96. The first kappa shape index (κ1) is 18.6. The minimum Gasteiger partial charge on any atom is -0.353 e. The number of fused-ring (bicyclic) bond motifs is 1. The molecule has 1 aromatic heterocycles. The van der Waals surface area contributed by atoms with Crippen LogP contribution in [0.25, 0.3) is 11.0 Å². The number of aromatic nitrogens is 2. The van der Waals surface area contributed by atoms with E-state index in [9.17, 15) is 13.2 Å². The maximum absolute atomic E-state index is 12.8. The van der Waals surface area contributed by atoms with E-state index < -0.39 is 10.0 Å². The molecule has 1 N–H and O–H groups in total. The first-order valence-electron chi connectivity index (χ1n) is 8.85. The van der Waals surface area contributed by atoms with E-state index >= 15 is 0 Å². The van der Waals surface area contributed by atoms with Gasteiger partial charge in [0.2, 0.25) is 15.9 Å². The number of nitrogens with zero attached hydrogens (tertiary/aromatic N) is 3. The number of carbonyl (C=O) groups excluding carboxylic acids is 1. The SMILES string of the molecule is C=CCNC(=O)CCn1cnc2cc(S(=O)(=O)N3CCCCC3)ccc21. The average molecular weight is 376 g/mol. The Morgan fingerprint density at radius 1 is 1.27 bits per heavy atom. The van der Waals surface area contributed by atoms with Crippen LogP contribution in [-0.4, -0.2) is 47.8 Å². The summed E-state index contributed by atoms with van der Waals surface area (Å²) in [5, 5.41) is 2.73. The number of hydrogen-bond donors (Lipinski definition) is 1. The first-order chi connectivity index (χ1) is 12.5. The second kappa shape index (κ2) is 8.01. The molecule has 2 heterocycles. The van der Waals surface area contributed by atoms with Crippen molar-refractivity contribution in [3.8, 4) is 0 Å². The van der Waals surface area contributed by atoms with Gasteiger partial charge in [0.15, 0.2) is 0 Å². The number of hydrogen-bond acceptors (Lipinski definition) is 4. The van der Waals surface area contributed by atoms with Gasteiger partial charge in [0.05, 0.1) is 22.3 Å². The van der Waals surface area contributed by atoms with Gasteiger partial charge in [-0.2, -0.15) is 4.31 Å². The molecule has 2 aromatic rings. The molecular formula is C18H24N4O3S. The van der Waals surface area contributed by atoms with E-state index in [0.717, 1.165) is 24.8 Å². The Morgan fingerprint density at radius 2 is 2.04 bits per heavy atom. The summed E-state index contributed by atoms with van der Waals surface area (Å²) < 4.78 is 29.0. The summed E-state index contributed by atoms with van der Waals surface area (Å²) in [4.78, 5) is 16.3. The van der Waals surface area contributed by atoms with Gasteiger partial charge in [-0.25, -0.2) is 13.4 Å². The fourth-order valence-electron chi connectivity index (χ4n) is 3.13. The summed E-state index contributed by atoms with van der Waals surface area (Å²) >= 11 is 0. The number of rotatable bonds is 7. The smallest absolute Gasteiger partial charge is 0.243 e. The predicted molar refractivity (Wildman–Crippen MR) is 100 cm³/mol. The number of sulfonamides is 1. The lowest BCUT2D eigenvalue weighted by atomic mass is 10.2. The molecule has 1 aliphatic rings. The van der Waals surface area contributed by atoms with Gasteiger partial charge in [-0.3, -0.25) is 4.79 Å². The van der Waals surface area contributed by atoms with Crippen LogP contribution >= 0.6 is 0 Å². The van der Waals surface area contributed by atoms with Crippen LogP contribution in [-0.2, 0) is 21.4 Å². The van der Waals surface area contributed by atoms with Gasteiger partial charge >= 0.3 is 0 Å². The van der Waals surface area contributed by atoms with Crippen molar-refractivity contribution in [3.05, 3.63) is 37.2 Å². The molecule has 8 heteroatoms. The van der Waals surface area contributed by atoms with Crippen LogP contribution in [0.3, 0.4) is 0 Å². The highest BCUT2D eigenvalue weighted by Gasteiger charge is 2.26. The van der Waals surface area contributed by atoms with Crippen LogP contribution in [0.5, 0.6) is 0 Å². The van der Waals surface area contributed by atoms with Gasteiger partial charge in [-0.1, -0.05) is 12.5 Å². The lowest BCUT2D eigenvalue weighted by Gasteiger charge is -2.25. The molecule has 140 valence electrons. The number of imidazole rings is 1. The molecule has 0 radical (unpaired) electrons. The quantitative estimate of drug-likeness (QED) is 0.748. The van der Waals surface area contributed by atoms with Crippen molar-refractivity contribution >= 4 is 27.0 Å². The largest absolute Gasteiger partial charge is 0.353 e. The van der Waals surface area contributed by atoms with Crippen molar-refractivity contribution in [2.24, 2.45) is 0 Å². The van der Waals surface area contributed by atoms with Crippen molar-refractivity contribution < 1.29 is 13.2 Å². The fraction of sp³-hybridized carbons (Fsp3) is 0.444. The lowest BCUT2D eigenvalue weighted by Crippen LogP contribution is -2.35. The second-order valence-corrected chi connectivity index (χ2v) is 8.33. The van der Waals surface area contributed by atoms with Crippen LogP contribution in [0.15, 0.2) is 42.1 Å². The molecule has 1 fully saturated rings. The van der Waals surface area contributed by atoms with E-state index in [1.165, 1.54) is 0 Å². The van der Waals surface area contributed by atoms with E-state index in [2.05, 4.69) is 16.9 Å². The Labute approximate surface area is 153 Å². The minimum atomic E-state index is -3.47. The number of carbonyl (C=O) groups is 1. The molecule has 0 saturated carbocycles. The highest BCUT2D eigenvalue weighted by Crippen LogP contribution is 2.24. The second-order valence-electron chi connectivity index (χ2n) is 6.40. The number of piperidine rings is 1. The number of aryl methyl sites for hydroxylation is 1.